The molecule has 5 nitrogen and oxygen atoms in total. The van der Waals surface area contributed by atoms with E-state index in [0.29, 0.717) is 6.61 Å². The van der Waals surface area contributed by atoms with Gasteiger partial charge in [0.2, 0.25) is 0 Å². The van der Waals surface area contributed by atoms with E-state index < -0.39 is 12.7 Å². The summed E-state index contributed by atoms with van der Waals surface area (Å²) in [5.74, 6) is 0. The summed E-state index contributed by atoms with van der Waals surface area (Å²) in [5.41, 5.74) is 1.88. The molecule has 0 amide bonds. The van der Waals surface area contributed by atoms with Gasteiger partial charge < -0.3 is 19.3 Å². The normalized spacial score (nSPS) is 15.9. The van der Waals surface area contributed by atoms with Gasteiger partial charge in [0.25, 0.3) is 0 Å². The van der Waals surface area contributed by atoms with E-state index in [0.717, 1.165) is 0 Å². The summed E-state index contributed by atoms with van der Waals surface area (Å²) in [7, 11) is 1.17. The maximum atomic E-state index is 9.20. The molecule has 0 saturated carbocycles. The van der Waals surface area contributed by atoms with Gasteiger partial charge in [0, 0.05) is 12.7 Å². The SMILES string of the molecule is COCC(C)(CO)NOB(C)OC(C)(C)C. The molecule has 0 fully saturated rings. The predicted octanol–water partition coefficient (Wildman–Crippen LogP) is 0.838. The average molecular weight is 233 g/mol. The van der Waals surface area contributed by atoms with Crippen molar-refractivity contribution in [3.8, 4) is 0 Å². The molecule has 2 N–H and O–H groups in total. The quantitative estimate of drug-likeness (QED) is 0.504. The fourth-order valence-electron chi connectivity index (χ4n) is 1.17. The third kappa shape index (κ3) is 7.19. The molecule has 0 aliphatic rings. The van der Waals surface area contributed by atoms with E-state index >= 15 is 0 Å². The van der Waals surface area contributed by atoms with E-state index in [2.05, 4.69) is 5.48 Å². The fraction of sp³-hybridized carbons (Fsp3) is 1.00. The van der Waals surface area contributed by atoms with E-state index in [-0.39, 0.29) is 12.2 Å². The predicted molar refractivity (Wildman–Crippen MR) is 64.0 cm³/mol. The number of aliphatic hydroxyl groups is 1. The number of nitrogens with one attached hydrogen (secondary N) is 1. The smallest absolute Gasteiger partial charge is 0.406 e. The zero-order valence-electron chi connectivity index (χ0n) is 11.2. The maximum absolute atomic E-state index is 9.20. The summed E-state index contributed by atoms with van der Waals surface area (Å²) in [6, 6.07) is 0. The molecule has 0 heterocycles. The molecule has 0 bridgehead atoms. The van der Waals surface area contributed by atoms with Gasteiger partial charge >= 0.3 is 7.12 Å². The molecule has 0 aromatic carbocycles. The third-order valence-corrected chi connectivity index (χ3v) is 1.80. The van der Waals surface area contributed by atoms with Crippen LogP contribution >= 0.6 is 0 Å². The lowest BCUT2D eigenvalue weighted by atomic mass is 9.93. The van der Waals surface area contributed by atoms with Crippen LogP contribution in [0.1, 0.15) is 27.7 Å². The van der Waals surface area contributed by atoms with E-state index in [4.69, 9.17) is 14.1 Å². The second-order valence-corrected chi connectivity index (χ2v) is 5.17. The lowest BCUT2D eigenvalue weighted by Crippen LogP contribution is -2.52. The summed E-state index contributed by atoms with van der Waals surface area (Å²) in [6.07, 6.45) is 0. The van der Waals surface area contributed by atoms with Crippen molar-refractivity contribution in [3.05, 3.63) is 0 Å². The summed E-state index contributed by atoms with van der Waals surface area (Å²) in [4.78, 5) is 0. The van der Waals surface area contributed by atoms with Crippen LogP contribution in [0.25, 0.3) is 0 Å². The van der Waals surface area contributed by atoms with Gasteiger partial charge in [0.15, 0.2) is 0 Å². The van der Waals surface area contributed by atoms with E-state index in [1.54, 1.807) is 20.9 Å². The maximum Gasteiger partial charge on any atom is 0.471 e. The molecule has 0 aliphatic heterocycles. The molecule has 0 saturated heterocycles. The molecule has 0 spiro atoms. The minimum Gasteiger partial charge on any atom is -0.406 e. The molecule has 1 unspecified atom stereocenters. The van der Waals surface area contributed by atoms with Crippen molar-refractivity contribution in [3.63, 3.8) is 0 Å². The lowest BCUT2D eigenvalue weighted by molar-refractivity contribution is -0.0238. The van der Waals surface area contributed by atoms with Crippen LogP contribution < -0.4 is 5.48 Å². The van der Waals surface area contributed by atoms with Gasteiger partial charge in [-0.2, -0.15) is 0 Å². The minimum atomic E-state index is -0.621. The molecule has 0 rings (SSSR count). The Morgan fingerprint density at radius 3 is 2.19 bits per heavy atom. The highest BCUT2D eigenvalue weighted by Crippen LogP contribution is 2.10. The molecule has 96 valence electrons. The molecule has 0 aromatic heterocycles. The lowest BCUT2D eigenvalue weighted by Gasteiger charge is -2.30. The number of ether oxygens (including phenoxy) is 1. The van der Waals surface area contributed by atoms with Crippen molar-refractivity contribution in [2.45, 2.75) is 45.7 Å². The number of hydrogen-bond acceptors (Lipinski definition) is 5. The van der Waals surface area contributed by atoms with Crippen LogP contribution in [0.15, 0.2) is 0 Å². The first-order valence-corrected chi connectivity index (χ1v) is 5.43. The minimum absolute atomic E-state index is 0.0803. The van der Waals surface area contributed by atoms with Crippen LogP contribution in [0.2, 0.25) is 6.82 Å². The number of methoxy groups -OCH3 is 1. The van der Waals surface area contributed by atoms with Crippen LogP contribution in [0, 0.1) is 0 Å². The number of aliphatic hydroxyl groups excluding tert-OH is 1. The Kier molecular flexibility index (Phi) is 6.51. The number of hydrogen-bond donors (Lipinski definition) is 2. The Morgan fingerprint density at radius 2 is 1.81 bits per heavy atom. The van der Waals surface area contributed by atoms with Crippen molar-refractivity contribution < 1.29 is 19.3 Å². The summed E-state index contributed by atoms with van der Waals surface area (Å²) in [6.45, 7) is 9.73. The Bertz CT molecular complexity index is 198. The van der Waals surface area contributed by atoms with Crippen molar-refractivity contribution >= 4 is 7.12 Å². The van der Waals surface area contributed by atoms with Crippen molar-refractivity contribution in [2.75, 3.05) is 20.3 Å². The molecule has 0 radical (unpaired) electrons. The van der Waals surface area contributed by atoms with Gasteiger partial charge in [-0.3, -0.25) is 0 Å². The fourth-order valence-corrected chi connectivity index (χ4v) is 1.17. The van der Waals surface area contributed by atoms with E-state index in [1.807, 2.05) is 20.8 Å². The first-order chi connectivity index (χ1) is 7.22. The Balaban J connectivity index is 4.02. The Morgan fingerprint density at radius 1 is 1.25 bits per heavy atom. The highest BCUT2D eigenvalue weighted by molar-refractivity contribution is 6.42. The Hall–Kier alpha value is -0.135. The number of hydroxylamine groups is 1. The van der Waals surface area contributed by atoms with Gasteiger partial charge in [-0.1, -0.05) is 0 Å². The van der Waals surface area contributed by atoms with Gasteiger partial charge in [-0.15, -0.1) is 0 Å². The Labute approximate surface area is 98.6 Å². The van der Waals surface area contributed by atoms with Gasteiger partial charge in [0.05, 0.1) is 18.8 Å². The first-order valence-electron chi connectivity index (χ1n) is 5.43. The summed E-state index contributed by atoms with van der Waals surface area (Å²) >= 11 is 0. The third-order valence-electron chi connectivity index (χ3n) is 1.80. The second kappa shape index (κ2) is 6.56. The zero-order chi connectivity index (χ0) is 12.8. The second-order valence-electron chi connectivity index (χ2n) is 5.17. The molecule has 0 aliphatic carbocycles. The van der Waals surface area contributed by atoms with Crippen LogP contribution in [0.3, 0.4) is 0 Å². The van der Waals surface area contributed by atoms with Crippen molar-refractivity contribution in [2.24, 2.45) is 0 Å². The van der Waals surface area contributed by atoms with Gasteiger partial charge in [-0.05, 0) is 34.5 Å². The number of rotatable bonds is 7. The van der Waals surface area contributed by atoms with Crippen LogP contribution in [0.5, 0.6) is 0 Å². The van der Waals surface area contributed by atoms with E-state index in [1.165, 1.54) is 0 Å². The molecule has 6 heteroatoms. The van der Waals surface area contributed by atoms with Gasteiger partial charge in [0.1, 0.15) is 0 Å². The summed E-state index contributed by atoms with van der Waals surface area (Å²) in [5, 5.41) is 9.20. The highest BCUT2D eigenvalue weighted by atomic mass is 16.7. The molecule has 16 heavy (non-hydrogen) atoms. The van der Waals surface area contributed by atoms with Gasteiger partial charge in [-0.25, -0.2) is 5.48 Å². The topological polar surface area (TPSA) is 60.0 Å². The molecule has 1 atom stereocenters. The average Bonchev–Trinajstić information content (AvgIpc) is 2.13. The van der Waals surface area contributed by atoms with Crippen LogP contribution in [-0.4, -0.2) is 43.7 Å². The van der Waals surface area contributed by atoms with E-state index in [9.17, 15) is 5.11 Å². The summed E-state index contributed by atoms with van der Waals surface area (Å²) < 4.78 is 15.9. The first kappa shape index (κ1) is 15.9. The van der Waals surface area contributed by atoms with Crippen LogP contribution in [0.4, 0.5) is 0 Å². The highest BCUT2D eigenvalue weighted by Gasteiger charge is 2.27. The standard InChI is InChI=1S/C10H24BNO4/c1-9(2,3)15-11(5)16-12-10(4,7-13)8-14-6/h12-13H,7-8H2,1-6H3. The zero-order valence-corrected chi connectivity index (χ0v) is 11.2. The molecular formula is C10H24BNO4. The monoisotopic (exact) mass is 233 g/mol. The van der Waals surface area contributed by atoms with Crippen molar-refractivity contribution in [1.29, 1.82) is 0 Å². The largest absolute Gasteiger partial charge is 0.471 e. The van der Waals surface area contributed by atoms with Crippen LogP contribution in [-0.2, 0) is 14.1 Å². The van der Waals surface area contributed by atoms with Crippen molar-refractivity contribution in [1.82, 2.24) is 5.48 Å². The molecule has 0 aromatic rings. The molecular weight excluding hydrogens is 209 g/mol.